The van der Waals surface area contributed by atoms with Gasteiger partial charge in [-0.05, 0) is 27.2 Å². The summed E-state index contributed by atoms with van der Waals surface area (Å²) in [6.45, 7) is 4.77. The molecule has 104 valence electrons. The molecule has 18 heavy (non-hydrogen) atoms. The van der Waals surface area contributed by atoms with Gasteiger partial charge in [-0.1, -0.05) is 0 Å². The molecule has 0 aromatic heterocycles. The van der Waals surface area contributed by atoms with Crippen molar-refractivity contribution in [3.8, 4) is 0 Å². The van der Waals surface area contributed by atoms with Crippen LogP contribution in [0.1, 0.15) is 40.0 Å². The van der Waals surface area contributed by atoms with Crippen molar-refractivity contribution >= 4 is 18.1 Å². The van der Waals surface area contributed by atoms with E-state index in [0.29, 0.717) is 0 Å². The molecule has 0 aliphatic rings. The van der Waals surface area contributed by atoms with E-state index in [1.54, 1.807) is 20.8 Å². The SMILES string of the molecule is CC(C)(C)OC(=O)OC(=O)CCCC(=O)OCN. The average molecular weight is 261 g/mol. The first-order valence-electron chi connectivity index (χ1n) is 5.54. The molecule has 0 rings (SSSR count). The molecular weight excluding hydrogens is 242 g/mol. The Morgan fingerprint density at radius 2 is 1.61 bits per heavy atom. The summed E-state index contributed by atoms with van der Waals surface area (Å²) in [5.74, 6) is -1.24. The van der Waals surface area contributed by atoms with Gasteiger partial charge in [-0.25, -0.2) is 4.79 Å². The van der Waals surface area contributed by atoms with Crippen LogP contribution in [0.5, 0.6) is 0 Å². The van der Waals surface area contributed by atoms with E-state index in [0.717, 1.165) is 0 Å². The zero-order valence-corrected chi connectivity index (χ0v) is 10.9. The van der Waals surface area contributed by atoms with Gasteiger partial charge in [-0.2, -0.15) is 0 Å². The third-order valence-electron chi connectivity index (χ3n) is 1.59. The van der Waals surface area contributed by atoms with Crippen molar-refractivity contribution in [3.05, 3.63) is 0 Å². The van der Waals surface area contributed by atoms with E-state index in [4.69, 9.17) is 10.5 Å². The van der Waals surface area contributed by atoms with Crippen LogP contribution >= 0.6 is 0 Å². The third kappa shape index (κ3) is 9.59. The zero-order valence-electron chi connectivity index (χ0n) is 10.9. The van der Waals surface area contributed by atoms with E-state index >= 15 is 0 Å². The van der Waals surface area contributed by atoms with Gasteiger partial charge in [0.25, 0.3) is 0 Å². The first-order valence-corrected chi connectivity index (χ1v) is 5.54. The highest BCUT2D eigenvalue weighted by atomic mass is 16.7. The second-order valence-electron chi connectivity index (χ2n) is 4.48. The number of carbonyl (C=O) groups is 3. The average Bonchev–Trinajstić information content (AvgIpc) is 2.14. The summed E-state index contributed by atoms with van der Waals surface area (Å²) in [5, 5.41) is 0. The number of esters is 2. The van der Waals surface area contributed by atoms with Crippen molar-refractivity contribution in [2.45, 2.75) is 45.6 Å². The first-order chi connectivity index (χ1) is 8.24. The van der Waals surface area contributed by atoms with Crippen molar-refractivity contribution in [2.24, 2.45) is 5.73 Å². The zero-order chi connectivity index (χ0) is 14.2. The Hall–Kier alpha value is -1.63. The highest BCUT2D eigenvalue weighted by Gasteiger charge is 2.20. The van der Waals surface area contributed by atoms with Gasteiger partial charge in [0.15, 0.2) is 0 Å². The summed E-state index contributed by atoms with van der Waals surface area (Å²) in [7, 11) is 0. The molecule has 0 saturated carbocycles. The van der Waals surface area contributed by atoms with Gasteiger partial charge in [0.1, 0.15) is 12.3 Å². The predicted octanol–water partition coefficient (Wildman–Crippen LogP) is 1.09. The lowest BCUT2D eigenvalue weighted by molar-refractivity contribution is -0.144. The summed E-state index contributed by atoms with van der Waals surface area (Å²) in [6, 6.07) is 0. The summed E-state index contributed by atoms with van der Waals surface area (Å²) >= 11 is 0. The number of ether oxygens (including phenoxy) is 3. The maximum Gasteiger partial charge on any atom is 0.516 e. The molecule has 0 bridgehead atoms. The third-order valence-corrected chi connectivity index (χ3v) is 1.59. The van der Waals surface area contributed by atoms with Crippen molar-refractivity contribution < 1.29 is 28.6 Å². The Labute approximate surface area is 106 Å². The van der Waals surface area contributed by atoms with E-state index in [1.807, 2.05) is 0 Å². The minimum absolute atomic E-state index is 0.0423. The van der Waals surface area contributed by atoms with Crippen LogP contribution < -0.4 is 5.73 Å². The summed E-state index contributed by atoms with van der Waals surface area (Å²) in [4.78, 5) is 33.2. The Kier molecular flexibility index (Phi) is 6.96. The van der Waals surface area contributed by atoms with Gasteiger partial charge < -0.3 is 14.2 Å². The fourth-order valence-electron chi connectivity index (χ4n) is 0.957. The maximum absolute atomic E-state index is 11.2. The summed E-state index contributed by atoms with van der Waals surface area (Å²) in [6.07, 6.45) is -0.850. The van der Waals surface area contributed by atoms with E-state index in [1.165, 1.54) is 0 Å². The molecule has 7 nitrogen and oxygen atoms in total. The molecule has 0 aliphatic carbocycles. The molecule has 0 aliphatic heterocycles. The molecule has 2 N–H and O–H groups in total. The van der Waals surface area contributed by atoms with Crippen LogP contribution in [0.2, 0.25) is 0 Å². The van der Waals surface area contributed by atoms with Crippen molar-refractivity contribution in [1.29, 1.82) is 0 Å². The maximum atomic E-state index is 11.2. The number of hydrogen-bond donors (Lipinski definition) is 1. The molecule has 0 unspecified atom stereocenters. The molecule has 0 spiro atoms. The molecule has 0 radical (unpaired) electrons. The molecule has 0 aromatic rings. The number of hydrogen-bond acceptors (Lipinski definition) is 7. The van der Waals surface area contributed by atoms with Gasteiger partial charge in [-0.15, -0.1) is 0 Å². The van der Waals surface area contributed by atoms with Crippen LogP contribution in [0.3, 0.4) is 0 Å². The molecule has 0 aromatic carbocycles. The summed E-state index contributed by atoms with van der Waals surface area (Å²) < 4.78 is 13.6. The topological polar surface area (TPSA) is 105 Å². The monoisotopic (exact) mass is 261 g/mol. The minimum Gasteiger partial charge on any atom is -0.450 e. The van der Waals surface area contributed by atoms with Crippen LogP contribution in [-0.2, 0) is 23.8 Å². The number of carbonyl (C=O) groups excluding carboxylic acids is 3. The normalized spacial score (nSPS) is 10.7. The van der Waals surface area contributed by atoms with Crippen LogP contribution in [0.4, 0.5) is 4.79 Å². The second-order valence-corrected chi connectivity index (χ2v) is 4.48. The smallest absolute Gasteiger partial charge is 0.450 e. The summed E-state index contributed by atoms with van der Waals surface area (Å²) in [5.41, 5.74) is 4.27. The van der Waals surface area contributed by atoms with E-state index in [-0.39, 0.29) is 26.0 Å². The molecular formula is C11H19NO6. The van der Waals surface area contributed by atoms with E-state index in [9.17, 15) is 14.4 Å². The molecule has 0 fully saturated rings. The number of nitrogens with two attached hydrogens (primary N) is 1. The van der Waals surface area contributed by atoms with Crippen molar-refractivity contribution in [2.75, 3.05) is 6.73 Å². The van der Waals surface area contributed by atoms with Crippen LogP contribution in [0.15, 0.2) is 0 Å². The Morgan fingerprint density at radius 3 is 2.11 bits per heavy atom. The fraction of sp³-hybridized carbons (Fsp3) is 0.727. The highest BCUT2D eigenvalue weighted by molar-refractivity contribution is 5.82. The molecule has 0 amide bonds. The van der Waals surface area contributed by atoms with Crippen LogP contribution in [0, 0.1) is 0 Å². The molecule has 7 heteroatoms. The van der Waals surface area contributed by atoms with Gasteiger partial charge >= 0.3 is 18.1 Å². The molecule has 0 atom stereocenters. The predicted molar refractivity (Wildman–Crippen MR) is 61.3 cm³/mol. The highest BCUT2D eigenvalue weighted by Crippen LogP contribution is 2.09. The van der Waals surface area contributed by atoms with Gasteiger partial charge in [0.2, 0.25) is 0 Å². The lowest BCUT2D eigenvalue weighted by Gasteiger charge is -2.18. The van der Waals surface area contributed by atoms with E-state index in [2.05, 4.69) is 9.47 Å². The van der Waals surface area contributed by atoms with Gasteiger partial charge in [-0.3, -0.25) is 15.3 Å². The largest absolute Gasteiger partial charge is 0.516 e. The Morgan fingerprint density at radius 1 is 1.06 bits per heavy atom. The molecule has 0 heterocycles. The molecule has 0 saturated heterocycles. The van der Waals surface area contributed by atoms with Crippen molar-refractivity contribution in [3.63, 3.8) is 0 Å². The van der Waals surface area contributed by atoms with Crippen LogP contribution in [-0.4, -0.2) is 30.4 Å². The standard InChI is InChI=1S/C11H19NO6/c1-11(2,3)18-10(15)17-9(14)6-4-5-8(13)16-7-12/h4-7,12H2,1-3H3. The minimum atomic E-state index is -1.04. The Bertz CT molecular complexity index is 307. The van der Waals surface area contributed by atoms with Crippen molar-refractivity contribution in [1.82, 2.24) is 0 Å². The lowest BCUT2D eigenvalue weighted by Crippen LogP contribution is -2.26. The Balaban J connectivity index is 3.78. The quantitative estimate of drug-likeness (QED) is 0.448. The van der Waals surface area contributed by atoms with Crippen LogP contribution in [0.25, 0.3) is 0 Å². The van der Waals surface area contributed by atoms with E-state index < -0.39 is 23.7 Å². The van der Waals surface area contributed by atoms with Gasteiger partial charge in [0.05, 0.1) is 0 Å². The van der Waals surface area contributed by atoms with Gasteiger partial charge in [0, 0.05) is 12.8 Å². The number of rotatable bonds is 5. The lowest BCUT2D eigenvalue weighted by atomic mass is 10.2. The fourth-order valence-corrected chi connectivity index (χ4v) is 0.957. The second kappa shape index (κ2) is 7.65. The first kappa shape index (κ1) is 16.4.